The maximum atomic E-state index is 11.7. The molecule has 4 heteroatoms. The van der Waals surface area contributed by atoms with E-state index < -0.39 is 5.97 Å². The maximum absolute atomic E-state index is 11.7. The van der Waals surface area contributed by atoms with E-state index in [1.54, 1.807) is 6.08 Å². The lowest BCUT2D eigenvalue weighted by Gasteiger charge is -2.02. The van der Waals surface area contributed by atoms with Gasteiger partial charge in [0.05, 0.1) is 0 Å². The Balaban J connectivity index is 1.96. The number of benzene rings is 2. The third-order valence-electron chi connectivity index (χ3n) is 3.10. The van der Waals surface area contributed by atoms with Gasteiger partial charge in [0.15, 0.2) is 0 Å². The van der Waals surface area contributed by atoms with Gasteiger partial charge in [-0.3, -0.25) is 9.59 Å². The molecule has 0 bridgehead atoms. The minimum atomic E-state index is -0.851. The third kappa shape index (κ3) is 4.45. The number of carbonyl (C=O) groups is 2. The largest absolute Gasteiger partial charge is 0.481 e. The van der Waals surface area contributed by atoms with Gasteiger partial charge in [0.2, 0.25) is 5.91 Å². The smallest absolute Gasteiger partial charge is 0.303 e. The highest BCUT2D eigenvalue weighted by Gasteiger charge is 2.00. The molecule has 0 saturated heterocycles. The van der Waals surface area contributed by atoms with Crippen molar-refractivity contribution < 1.29 is 14.7 Å². The van der Waals surface area contributed by atoms with E-state index >= 15 is 0 Å². The van der Waals surface area contributed by atoms with Gasteiger partial charge < -0.3 is 10.4 Å². The summed E-state index contributed by atoms with van der Waals surface area (Å²) < 4.78 is 0. The molecule has 4 nitrogen and oxygen atoms in total. The highest BCUT2D eigenvalue weighted by Crippen LogP contribution is 2.19. The van der Waals surface area contributed by atoms with Gasteiger partial charge in [-0.2, -0.15) is 0 Å². The summed E-state index contributed by atoms with van der Waals surface area (Å²) in [7, 11) is 0. The molecule has 0 spiro atoms. The van der Waals surface area contributed by atoms with E-state index in [2.05, 4.69) is 5.32 Å². The van der Waals surface area contributed by atoms with Crippen molar-refractivity contribution in [1.29, 1.82) is 0 Å². The number of hydrogen-bond acceptors (Lipinski definition) is 2. The van der Waals surface area contributed by atoms with Gasteiger partial charge in [-0.25, -0.2) is 0 Å². The Kier molecular flexibility index (Phi) is 5.10. The monoisotopic (exact) mass is 283 g/mol. The summed E-state index contributed by atoms with van der Waals surface area (Å²) in [4.78, 5) is 22.0. The fraction of sp³-hybridized carbons (Fsp3) is 0.176. The van der Waals surface area contributed by atoms with Crippen LogP contribution in [0.4, 0.5) is 0 Å². The van der Waals surface area contributed by atoms with E-state index in [1.165, 1.54) is 6.08 Å². The van der Waals surface area contributed by atoms with Crippen molar-refractivity contribution in [3.8, 4) is 0 Å². The molecule has 0 unspecified atom stereocenters. The standard InChI is InChI=1S/C17H17NO3/c19-16(18-12-4-9-17(20)21)11-10-14-7-3-6-13-5-1-2-8-15(13)14/h1-3,5-8,10-11H,4,9,12H2,(H,18,19)(H,20,21). The molecular formula is C17H17NO3. The first-order chi connectivity index (χ1) is 10.2. The second-order valence-electron chi connectivity index (χ2n) is 4.69. The molecule has 0 saturated carbocycles. The van der Waals surface area contributed by atoms with Crippen LogP contribution in [0.15, 0.2) is 48.5 Å². The second-order valence-corrected chi connectivity index (χ2v) is 4.69. The van der Waals surface area contributed by atoms with Crippen LogP contribution in [0.5, 0.6) is 0 Å². The zero-order valence-electron chi connectivity index (χ0n) is 11.6. The quantitative estimate of drug-likeness (QED) is 0.633. The van der Waals surface area contributed by atoms with Crippen LogP contribution >= 0.6 is 0 Å². The Hall–Kier alpha value is -2.62. The number of amides is 1. The Morgan fingerprint density at radius 2 is 1.86 bits per heavy atom. The van der Waals surface area contributed by atoms with Crippen molar-refractivity contribution in [2.45, 2.75) is 12.8 Å². The number of carbonyl (C=O) groups excluding carboxylic acids is 1. The Morgan fingerprint density at radius 3 is 2.67 bits per heavy atom. The highest BCUT2D eigenvalue weighted by molar-refractivity contribution is 5.96. The van der Waals surface area contributed by atoms with Gasteiger partial charge in [0.1, 0.15) is 0 Å². The molecule has 2 aromatic rings. The van der Waals surface area contributed by atoms with Gasteiger partial charge in [0, 0.05) is 19.0 Å². The van der Waals surface area contributed by atoms with Crippen LogP contribution in [-0.4, -0.2) is 23.5 Å². The summed E-state index contributed by atoms with van der Waals surface area (Å²) in [5.74, 6) is -1.07. The predicted molar refractivity (Wildman–Crippen MR) is 82.9 cm³/mol. The van der Waals surface area contributed by atoms with E-state index in [1.807, 2.05) is 42.5 Å². The van der Waals surface area contributed by atoms with E-state index in [0.717, 1.165) is 16.3 Å². The van der Waals surface area contributed by atoms with Crippen molar-refractivity contribution >= 4 is 28.7 Å². The number of rotatable bonds is 6. The highest BCUT2D eigenvalue weighted by atomic mass is 16.4. The average molecular weight is 283 g/mol. The van der Waals surface area contributed by atoms with Crippen LogP contribution in [0.3, 0.4) is 0 Å². The molecule has 0 atom stereocenters. The Labute approximate surface area is 123 Å². The van der Waals surface area contributed by atoms with Gasteiger partial charge in [-0.15, -0.1) is 0 Å². The van der Waals surface area contributed by atoms with Crippen molar-refractivity contribution in [2.24, 2.45) is 0 Å². The van der Waals surface area contributed by atoms with E-state index in [9.17, 15) is 9.59 Å². The molecule has 0 aliphatic carbocycles. The zero-order chi connectivity index (χ0) is 15.1. The molecule has 21 heavy (non-hydrogen) atoms. The molecule has 2 aromatic carbocycles. The minimum absolute atomic E-state index is 0.0628. The lowest BCUT2D eigenvalue weighted by molar-refractivity contribution is -0.137. The van der Waals surface area contributed by atoms with E-state index in [-0.39, 0.29) is 12.3 Å². The van der Waals surface area contributed by atoms with Crippen molar-refractivity contribution in [3.63, 3.8) is 0 Å². The molecule has 0 fully saturated rings. The van der Waals surface area contributed by atoms with Crippen LogP contribution in [0.2, 0.25) is 0 Å². The van der Waals surface area contributed by atoms with Crippen molar-refractivity contribution in [3.05, 3.63) is 54.1 Å². The minimum Gasteiger partial charge on any atom is -0.481 e. The van der Waals surface area contributed by atoms with Gasteiger partial charge in [-0.1, -0.05) is 42.5 Å². The molecule has 1 amide bonds. The summed E-state index contributed by atoms with van der Waals surface area (Å²) >= 11 is 0. The fourth-order valence-corrected chi connectivity index (χ4v) is 2.07. The van der Waals surface area contributed by atoms with Crippen molar-refractivity contribution in [1.82, 2.24) is 5.32 Å². The predicted octanol–water partition coefficient (Wildman–Crippen LogP) is 2.83. The third-order valence-corrected chi connectivity index (χ3v) is 3.10. The number of carboxylic acids is 1. The molecule has 0 aromatic heterocycles. The average Bonchev–Trinajstić information content (AvgIpc) is 2.49. The molecule has 108 valence electrons. The van der Waals surface area contributed by atoms with Crippen LogP contribution in [0, 0.1) is 0 Å². The summed E-state index contributed by atoms with van der Waals surface area (Å²) in [6.45, 7) is 0.366. The maximum Gasteiger partial charge on any atom is 0.303 e. The van der Waals surface area contributed by atoms with E-state index in [0.29, 0.717) is 13.0 Å². The second kappa shape index (κ2) is 7.24. The fourth-order valence-electron chi connectivity index (χ4n) is 2.07. The SMILES string of the molecule is O=C(O)CCCNC(=O)C=Cc1cccc2ccccc12. The normalized spacial score (nSPS) is 10.9. The molecule has 0 radical (unpaired) electrons. The van der Waals surface area contributed by atoms with Crippen molar-refractivity contribution in [2.75, 3.05) is 6.54 Å². The number of fused-ring (bicyclic) bond motifs is 1. The summed E-state index contributed by atoms with van der Waals surface area (Å²) in [5.41, 5.74) is 0.980. The Morgan fingerprint density at radius 1 is 1.10 bits per heavy atom. The van der Waals surface area contributed by atoms with Crippen LogP contribution in [0.1, 0.15) is 18.4 Å². The van der Waals surface area contributed by atoms with Crippen LogP contribution in [0.25, 0.3) is 16.8 Å². The first kappa shape index (κ1) is 14.8. The summed E-state index contributed by atoms with van der Waals surface area (Å²) in [6, 6.07) is 13.9. The zero-order valence-corrected chi connectivity index (χ0v) is 11.6. The van der Waals surface area contributed by atoms with Crippen LogP contribution < -0.4 is 5.32 Å². The summed E-state index contributed by atoms with van der Waals surface area (Å²) in [5, 5.41) is 13.4. The Bertz CT molecular complexity index is 671. The molecular weight excluding hydrogens is 266 g/mol. The molecule has 0 heterocycles. The molecule has 0 aliphatic heterocycles. The van der Waals surface area contributed by atoms with Crippen LogP contribution in [-0.2, 0) is 9.59 Å². The number of hydrogen-bond donors (Lipinski definition) is 2. The number of nitrogens with one attached hydrogen (secondary N) is 1. The van der Waals surface area contributed by atoms with Gasteiger partial charge >= 0.3 is 5.97 Å². The number of carboxylic acid groups (broad SMARTS) is 1. The molecule has 2 rings (SSSR count). The molecule has 0 aliphatic rings. The number of aliphatic carboxylic acids is 1. The lowest BCUT2D eigenvalue weighted by Crippen LogP contribution is -2.22. The first-order valence-electron chi connectivity index (χ1n) is 6.82. The summed E-state index contributed by atoms with van der Waals surface area (Å²) in [6.07, 6.45) is 3.74. The molecule has 2 N–H and O–H groups in total. The van der Waals surface area contributed by atoms with E-state index in [4.69, 9.17) is 5.11 Å². The van der Waals surface area contributed by atoms with Gasteiger partial charge in [0.25, 0.3) is 0 Å². The first-order valence-corrected chi connectivity index (χ1v) is 6.82. The van der Waals surface area contributed by atoms with Gasteiger partial charge in [-0.05, 0) is 28.8 Å². The topological polar surface area (TPSA) is 66.4 Å². The lowest BCUT2D eigenvalue weighted by atomic mass is 10.0.